The van der Waals surface area contributed by atoms with Gasteiger partial charge in [-0.15, -0.1) is 0 Å². The fraction of sp³-hybridized carbons (Fsp3) is 0.714. The molecule has 0 bridgehead atoms. The third-order valence-corrected chi connectivity index (χ3v) is 1.45. The topological polar surface area (TPSA) is 63.6 Å². The summed E-state index contributed by atoms with van der Waals surface area (Å²) in [6, 6.07) is 0. The Morgan fingerprint density at radius 3 is 2.09 bits per heavy atom. The largest absolute Gasteiger partial charge is 0.481 e. The highest BCUT2D eigenvalue weighted by molar-refractivity contribution is 5.71. The number of hydrogen-bond acceptors (Lipinski definition) is 3. The molecule has 0 heterocycles. The van der Waals surface area contributed by atoms with Crippen LogP contribution < -0.4 is 0 Å². The second-order valence-electron chi connectivity index (χ2n) is 2.44. The lowest BCUT2D eigenvalue weighted by molar-refractivity contribution is -0.154. The summed E-state index contributed by atoms with van der Waals surface area (Å²) in [6.45, 7) is 4.31. The zero-order chi connectivity index (χ0) is 9.02. The highest BCUT2D eigenvalue weighted by Gasteiger charge is 2.21. The number of carbonyl (C=O) groups is 2. The van der Waals surface area contributed by atoms with E-state index < -0.39 is 24.0 Å². The summed E-state index contributed by atoms with van der Waals surface area (Å²) >= 11 is 0. The monoisotopic (exact) mass is 160 g/mol. The van der Waals surface area contributed by atoms with E-state index in [2.05, 4.69) is 4.74 Å². The van der Waals surface area contributed by atoms with Crippen molar-refractivity contribution in [3.8, 4) is 0 Å². The Labute approximate surface area is 65.2 Å². The molecule has 0 spiro atoms. The molecule has 0 aliphatic rings. The summed E-state index contributed by atoms with van der Waals surface area (Å²) in [5.74, 6) is -2.07. The molecular weight excluding hydrogens is 148 g/mol. The molecule has 0 aromatic rings. The number of rotatable bonds is 3. The van der Waals surface area contributed by atoms with Crippen LogP contribution in [0.15, 0.2) is 0 Å². The Balaban J connectivity index is 3.92. The van der Waals surface area contributed by atoms with E-state index in [9.17, 15) is 9.59 Å². The molecule has 2 atom stereocenters. The van der Waals surface area contributed by atoms with Gasteiger partial charge in [0.05, 0.1) is 5.92 Å². The molecule has 0 fully saturated rings. The Hall–Kier alpha value is -1.06. The SMILES string of the molecule is CC(=O)O[C@H](C)[C@H](C)C(=O)O. The molecule has 0 amide bonds. The van der Waals surface area contributed by atoms with Gasteiger partial charge in [0.25, 0.3) is 0 Å². The minimum Gasteiger partial charge on any atom is -0.481 e. The molecule has 0 aromatic heterocycles. The number of carbonyl (C=O) groups excluding carboxylic acids is 1. The second-order valence-corrected chi connectivity index (χ2v) is 2.44. The summed E-state index contributed by atoms with van der Waals surface area (Å²) in [5.41, 5.74) is 0. The molecular formula is C7H12O4. The Morgan fingerprint density at radius 1 is 1.36 bits per heavy atom. The maximum atomic E-state index is 10.4. The number of aliphatic carboxylic acids is 1. The van der Waals surface area contributed by atoms with Gasteiger partial charge in [-0.2, -0.15) is 0 Å². The maximum absolute atomic E-state index is 10.4. The van der Waals surface area contributed by atoms with Crippen LogP contribution in [0.5, 0.6) is 0 Å². The van der Waals surface area contributed by atoms with Crippen LogP contribution in [0.1, 0.15) is 20.8 Å². The first-order valence-corrected chi connectivity index (χ1v) is 3.35. The van der Waals surface area contributed by atoms with Gasteiger partial charge >= 0.3 is 11.9 Å². The summed E-state index contributed by atoms with van der Waals surface area (Å²) in [6.07, 6.45) is -0.565. The lowest BCUT2D eigenvalue weighted by Gasteiger charge is -2.15. The maximum Gasteiger partial charge on any atom is 0.309 e. The van der Waals surface area contributed by atoms with Crippen molar-refractivity contribution >= 4 is 11.9 Å². The van der Waals surface area contributed by atoms with Crippen LogP contribution in [-0.4, -0.2) is 23.1 Å². The van der Waals surface area contributed by atoms with Crippen LogP contribution in [0.2, 0.25) is 0 Å². The van der Waals surface area contributed by atoms with Crippen LogP contribution in [0.25, 0.3) is 0 Å². The lowest BCUT2D eigenvalue weighted by atomic mass is 10.1. The second kappa shape index (κ2) is 3.95. The zero-order valence-electron chi connectivity index (χ0n) is 6.83. The van der Waals surface area contributed by atoms with E-state index in [1.165, 1.54) is 13.8 Å². The van der Waals surface area contributed by atoms with Crippen molar-refractivity contribution in [2.24, 2.45) is 5.92 Å². The quantitative estimate of drug-likeness (QED) is 0.616. The van der Waals surface area contributed by atoms with E-state index in [-0.39, 0.29) is 0 Å². The van der Waals surface area contributed by atoms with Gasteiger partial charge in [0.1, 0.15) is 6.10 Å². The molecule has 0 saturated carbocycles. The summed E-state index contributed by atoms with van der Waals surface area (Å²) in [5, 5.41) is 8.47. The van der Waals surface area contributed by atoms with Crippen LogP contribution in [0, 0.1) is 5.92 Å². The average molecular weight is 160 g/mol. The fourth-order valence-electron chi connectivity index (χ4n) is 0.565. The highest BCUT2D eigenvalue weighted by Crippen LogP contribution is 2.06. The minimum absolute atomic E-state index is 0.453. The van der Waals surface area contributed by atoms with Gasteiger partial charge < -0.3 is 9.84 Å². The number of hydrogen-bond donors (Lipinski definition) is 1. The standard InChI is InChI=1S/C7H12O4/c1-4(7(9)10)5(2)11-6(3)8/h4-5H,1-3H3,(H,9,10)/t4-,5+/m0/s1. The van der Waals surface area contributed by atoms with Crippen LogP contribution in [0.4, 0.5) is 0 Å². The zero-order valence-corrected chi connectivity index (χ0v) is 6.83. The molecule has 4 nitrogen and oxygen atoms in total. The minimum atomic E-state index is -0.959. The lowest BCUT2D eigenvalue weighted by Crippen LogP contribution is -2.26. The van der Waals surface area contributed by atoms with Crippen molar-refractivity contribution in [3.63, 3.8) is 0 Å². The molecule has 4 heteroatoms. The number of carboxylic acids is 1. The van der Waals surface area contributed by atoms with Crippen molar-refractivity contribution in [2.75, 3.05) is 0 Å². The smallest absolute Gasteiger partial charge is 0.309 e. The van der Waals surface area contributed by atoms with Gasteiger partial charge in [0.15, 0.2) is 0 Å². The van der Waals surface area contributed by atoms with Crippen molar-refractivity contribution in [2.45, 2.75) is 26.9 Å². The van der Waals surface area contributed by atoms with E-state index in [1.807, 2.05) is 0 Å². The number of ether oxygens (including phenoxy) is 1. The van der Waals surface area contributed by atoms with E-state index in [4.69, 9.17) is 5.11 Å². The first kappa shape index (κ1) is 9.94. The molecule has 0 radical (unpaired) electrons. The molecule has 0 aromatic carbocycles. The molecule has 64 valence electrons. The van der Waals surface area contributed by atoms with E-state index in [0.717, 1.165) is 0 Å². The van der Waals surface area contributed by atoms with Gasteiger partial charge in [-0.3, -0.25) is 9.59 Å². The Bertz CT molecular complexity index is 164. The Morgan fingerprint density at radius 2 is 1.82 bits per heavy atom. The van der Waals surface area contributed by atoms with Gasteiger partial charge in [-0.05, 0) is 13.8 Å². The van der Waals surface area contributed by atoms with Crippen LogP contribution in [0.3, 0.4) is 0 Å². The summed E-state index contributed by atoms with van der Waals surface area (Å²) in [4.78, 5) is 20.7. The van der Waals surface area contributed by atoms with Gasteiger partial charge in [0.2, 0.25) is 0 Å². The average Bonchev–Trinajstić information content (AvgIpc) is 1.84. The number of carboxylic acid groups (broad SMARTS) is 1. The molecule has 11 heavy (non-hydrogen) atoms. The molecule has 0 aliphatic heterocycles. The first-order chi connectivity index (χ1) is 4.95. The van der Waals surface area contributed by atoms with Crippen LogP contribution >= 0.6 is 0 Å². The van der Waals surface area contributed by atoms with Crippen molar-refractivity contribution in [1.82, 2.24) is 0 Å². The third-order valence-electron chi connectivity index (χ3n) is 1.45. The fourth-order valence-corrected chi connectivity index (χ4v) is 0.565. The van der Waals surface area contributed by atoms with Crippen molar-refractivity contribution < 1.29 is 19.4 Å². The molecule has 0 aliphatic carbocycles. The van der Waals surface area contributed by atoms with Crippen molar-refractivity contribution in [1.29, 1.82) is 0 Å². The summed E-state index contributed by atoms with van der Waals surface area (Å²) in [7, 11) is 0. The molecule has 0 saturated heterocycles. The predicted octanol–water partition coefficient (Wildman–Crippen LogP) is 0.659. The van der Waals surface area contributed by atoms with E-state index >= 15 is 0 Å². The van der Waals surface area contributed by atoms with E-state index in [1.54, 1.807) is 6.92 Å². The van der Waals surface area contributed by atoms with Crippen molar-refractivity contribution in [3.05, 3.63) is 0 Å². The Kier molecular flexibility index (Phi) is 3.57. The first-order valence-electron chi connectivity index (χ1n) is 3.35. The molecule has 1 N–H and O–H groups in total. The van der Waals surface area contributed by atoms with Crippen LogP contribution in [-0.2, 0) is 14.3 Å². The number of esters is 1. The third kappa shape index (κ3) is 3.60. The molecule has 0 rings (SSSR count). The normalized spacial score (nSPS) is 15.2. The predicted molar refractivity (Wildman–Crippen MR) is 38.0 cm³/mol. The van der Waals surface area contributed by atoms with Gasteiger partial charge in [-0.1, -0.05) is 0 Å². The highest BCUT2D eigenvalue weighted by atomic mass is 16.5. The molecule has 0 unspecified atom stereocenters. The van der Waals surface area contributed by atoms with Gasteiger partial charge in [-0.25, -0.2) is 0 Å². The summed E-state index contributed by atoms with van der Waals surface area (Å²) < 4.78 is 4.65. The van der Waals surface area contributed by atoms with E-state index in [0.29, 0.717) is 0 Å². The van der Waals surface area contributed by atoms with Gasteiger partial charge in [0, 0.05) is 6.92 Å².